The van der Waals surface area contributed by atoms with Gasteiger partial charge in [0.25, 0.3) is 0 Å². The number of amides is 1. The SMILES string of the molecule is COc1ccc2nccc(C[C@H](O)[C@@H]3CC[C@@H](NC(=O)OC(C)(C)C)[C@@H](CC4COC(C)(C)O4)O3)c2n1. The van der Waals surface area contributed by atoms with Crippen LogP contribution in [0.2, 0.25) is 0 Å². The number of aromatic nitrogens is 2. The summed E-state index contributed by atoms with van der Waals surface area (Å²) in [6.45, 7) is 9.67. The zero-order chi connectivity index (χ0) is 26.8. The molecule has 4 rings (SSSR count). The van der Waals surface area contributed by atoms with Gasteiger partial charge in [0.2, 0.25) is 5.88 Å². The molecule has 204 valence electrons. The zero-order valence-corrected chi connectivity index (χ0v) is 22.5. The summed E-state index contributed by atoms with van der Waals surface area (Å²) in [7, 11) is 1.57. The van der Waals surface area contributed by atoms with Crippen LogP contribution in [0.4, 0.5) is 4.79 Å². The highest BCUT2D eigenvalue weighted by molar-refractivity contribution is 5.78. The van der Waals surface area contributed by atoms with Crippen LogP contribution in [0.5, 0.6) is 5.88 Å². The highest BCUT2D eigenvalue weighted by Gasteiger charge is 2.41. The lowest BCUT2D eigenvalue weighted by molar-refractivity contribution is -0.156. The predicted octanol–water partition coefficient (Wildman–Crippen LogP) is 3.52. The average Bonchev–Trinajstić information content (AvgIpc) is 3.16. The Hall–Kier alpha value is -2.53. The standard InChI is InChI=1S/C27H39N3O7/c1-26(2,3)37-25(32)29-18-7-9-21(35-22(18)14-17-15-34-27(4,5)36-17)20(31)13-16-11-12-28-19-8-10-23(33-6)30-24(16)19/h8,10-12,17-18,20-22,31H,7,9,13-15H2,1-6H3,(H,29,32)/t17?,18-,20+,21+,22-/m1/s1. The van der Waals surface area contributed by atoms with Gasteiger partial charge in [0.05, 0.1) is 55.2 Å². The normalized spacial score (nSPS) is 26.6. The minimum atomic E-state index is -0.777. The van der Waals surface area contributed by atoms with E-state index in [-0.39, 0.29) is 18.2 Å². The number of carbonyl (C=O) groups is 1. The van der Waals surface area contributed by atoms with Crippen molar-refractivity contribution >= 4 is 17.1 Å². The van der Waals surface area contributed by atoms with Crippen molar-refractivity contribution in [3.8, 4) is 5.88 Å². The second-order valence-electron chi connectivity index (χ2n) is 11.2. The first-order valence-corrected chi connectivity index (χ1v) is 12.9. The van der Waals surface area contributed by atoms with E-state index in [4.69, 9.17) is 23.7 Å². The van der Waals surface area contributed by atoms with E-state index < -0.39 is 29.7 Å². The van der Waals surface area contributed by atoms with Crippen LogP contribution in [0.15, 0.2) is 24.4 Å². The molecule has 0 radical (unpaired) electrons. The summed E-state index contributed by atoms with van der Waals surface area (Å²) in [5, 5.41) is 14.2. The Morgan fingerprint density at radius 3 is 2.73 bits per heavy atom. The molecule has 10 nitrogen and oxygen atoms in total. The van der Waals surface area contributed by atoms with Crippen molar-refractivity contribution in [2.45, 2.75) is 102 Å². The number of hydrogen-bond acceptors (Lipinski definition) is 9. The van der Waals surface area contributed by atoms with Crippen molar-refractivity contribution in [1.82, 2.24) is 15.3 Å². The molecule has 0 bridgehead atoms. The summed E-state index contributed by atoms with van der Waals surface area (Å²) >= 11 is 0. The number of ether oxygens (including phenoxy) is 5. The number of hydrogen-bond donors (Lipinski definition) is 2. The molecule has 0 spiro atoms. The molecule has 10 heteroatoms. The molecule has 0 aromatic carbocycles. The third kappa shape index (κ3) is 7.28. The van der Waals surface area contributed by atoms with Crippen LogP contribution in [0.3, 0.4) is 0 Å². The third-order valence-corrected chi connectivity index (χ3v) is 6.53. The van der Waals surface area contributed by atoms with Gasteiger partial charge in [0, 0.05) is 25.1 Å². The fraction of sp³-hybridized carbons (Fsp3) is 0.667. The van der Waals surface area contributed by atoms with Gasteiger partial charge in [-0.25, -0.2) is 9.78 Å². The molecule has 4 heterocycles. The van der Waals surface area contributed by atoms with Crippen LogP contribution in [-0.4, -0.2) is 76.7 Å². The van der Waals surface area contributed by atoms with E-state index in [1.165, 1.54) is 0 Å². The lowest BCUT2D eigenvalue weighted by Gasteiger charge is -2.39. The van der Waals surface area contributed by atoms with Gasteiger partial charge in [0.15, 0.2) is 5.79 Å². The van der Waals surface area contributed by atoms with E-state index in [0.717, 1.165) is 11.1 Å². The van der Waals surface area contributed by atoms with E-state index in [2.05, 4.69) is 15.3 Å². The molecule has 37 heavy (non-hydrogen) atoms. The molecular formula is C27H39N3O7. The van der Waals surface area contributed by atoms with Crippen LogP contribution >= 0.6 is 0 Å². The van der Waals surface area contributed by atoms with Crippen molar-refractivity contribution in [1.29, 1.82) is 0 Å². The van der Waals surface area contributed by atoms with Gasteiger partial charge in [0.1, 0.15) is 5.60 Å². The maximum absolute atomic E-state index is 12.5. The Morgan fingerprint density at radius 1 is 1.27 bits per heavy atom. The predicted molar refractivity (Wildman–Crippen MR) is 136 cm³/mol. The van der Waals surface area contributed by atoms with Crippen LogP contribution in [0.25, 0.3) is 11.0 Å². The Morgan fingerprint density at radius 2 is 2.05 bits per heavy atom. The summed E-state index contributed by atoms with van der Waals surface area (Å²) in [6, 6.07) is 5.19. The molecule has 1 unspecified atom stereocenters. The fourth-order valence-electron chi connectivity index (χ4n) is 4.88. The Bertz CT molecular complexity index is 1090. The second kappa shape index (κ2) is 11.1. The first kappa shape index (κ1) is 27.5. The van der Waals surface area contributed by atoms with Gasteiger partial charge in [-0.3, -0.25) is 4.98 Å². The monoisotopic (exact) mass is 517 g/mol. The minimum Gasteiger partial charge on any atom is -0.481 e. The molecule has 2 aliphatic heterocycles. The molecule has 2 aromatic rings. The zero-order valence-electron chi connectivity index (χ0n) is 22.5. The fourth-order valence-corrected chi connectivity index (χ4v) is 4.88. The molecule has 1 amide bonds. The van der Waals surface area contributed by atoms with E-state index in [1.807, 2.05) is 46.8 Å². The minimum absolute atomic E-state index is 0.181. The molecule has 2 aromatic heterocycles. The summed E-state index contributed by atoms with van der Waals surface area (Å²) in [5.74, 6) is -0.175. The van der Waals surface area contributed by atoms with Crippen molar-refractivity contribution < 1.29 is 33.6 Å². The van der Waals surface area contributed by atoms with Gasteiger partial charge < -0.3 is 34.1 Å². The average molecular weight is 518 g/mol. The van der Waals surface area contributed by atoms with Gasteiger partial charge >= 0.3 is 6.09 Å². The molecule has 0 aliphatic carbocycles. The smallest absolute Gasteiger partial charge is 0.407 e. The molecule has 2 saturated heterocycles. The van der Waals surface area contributed by atoms with Gasteiger partial charge in [-0.2, -0.15) is 0 Å². The van der Waals surface area contributed by atoms with Crippen LogP contribution in [0.1, 0.15) is 59.4 Å². The van der Waals surface area contributed by atoms with E-state index in [0.29, 0.717) is 43.7 Å². The Labute approximate surface area is 218 Å². The van der Waals surface area contributed by atoms with E-state index in [9.17, 15) is 9.90 Å². The molecular weight excluding hydrogens is 478 g/mol. The number of nitrogens with zero attached hydrogens (tertiary/aromatic N) is 2. The molecule has 5 atom stereocenters. The van der Waals surface area contributed by atoms with Crippen molar-refractivity contribution in [3.05, 3.63) is 30.0 Å². The summed E-state index contributed by atoms with van der Waals surface area (Å²) in [5.41, 5.74) is 1.68. The lowest BCUT2D eigenvalue weighted by atomic mass is 9.91. The first-order chi connectivity index (χ1) is 17.4. The largest absolute Gasteiger partial charge is 0.481 e. The van der Waals surface area contributed by atoms with Crippen molar-refractivity contribution in [2.24, 2.45) is 0 Å². The Balaban J connectivity index is 1.47. The number of alkyl carbamates (subject to hydrolysis) is 1. The number of nitrogens with one attached hydrogen (secondary N) is 1. The highest BCUT2D eigenvalue weighted by Crippen LogP contribution is 2.31. The summed E-state index contributed by atoms with van der Waals surface area (Å²) in [6.07, 6.45) is 1.53. The molecule has 2 N–H and O–H groups in total. The number of carbonyl (C=O) groups excluding carboxylic acids is 1. The number of rotatable bonds is 7. The summed E-state index contributed by atoms with van der Waals surface area (Å²) in [4.78, 5) is 21.4. The topological polar surface area (TPSA) is 121 Å². The number of fused-ring (bicyclic) bond motifs is 1. The summed E-state index contributed by atoms with van der Waals surface area (Å²) < 4.78 is 28.9. The van der Waals surface area contributed by atoms with Gasteiger partial charge in [-0.05, 0) is 65.2 Å². The maximum Gasteiger partial charge on any atom is 0.407 e. The first-order valence-electron chi connectivity index (χ1n) is 12.9. The molecule has 0 saturated carbocycles. The molecule has 2 fully saturated rings. The number of methoxy groups -OCH3 is 1. The number of pyridine rings is 2. The van der Waals surface area contributed by atoms with E-state index in [1.54, 1.807) is 19.4 Å². The van der Waals surface area contributed by atoms with Gasteiger partial charge in [-0.1, -0.05) is 0 Å². The second-order valence-corrected chi connectivity index (χ2v) is 11.2. The van der Waals surface area contributed by atoms with Gasteiger partial charge in [-0.15, -0.1) is 0 Å². The van der Waals surface area contributed by atoms with Crippen LogP contribution < -0.4 is 10.1 Å². The Kier molecular flexibility index (Phi) is 8.23. The maximum atomic E-state index is 12.5. The molecule has 2 aliphatic rings. The lowest BCUT2D eigenvalue weighted by Crippen LogP contribution is -2.53. The number of aliphatic hydroxyl groups excluding tert-OH is 1. The van der Waals surface area contributed by atoms with Crippen molar-refractivity contribution in [3.63, 3.8) is 0 Å². The highest BCUT2D eigenvalue weighted by atomic mass is 16.7. The third-order valence-electron chi connectivity index (χ3n) is 6.53. The van der Waals surface area contributed by atoms with Crippen LogP contribution in [-0.2, 0) is 25.4 Å². The van der Waals surface area contributed by atoms with E-state index >= 15 is 0 Å². The quantitative estimate of drug-likeness (QED) is 0.568. The number of aliphatic hydroxyl groups is 1. The van der Waals surface area contributed by atoms with Crippen molar-refractivity contribution in [2.75, 3.05) is 13.7 Å². The van der Waals surface area contributed by atoms with Crippen LogP contribution in [0, 0.1) is 0 Å².